The van der Waals surface area contributed by atoms with Crippen molar-refractivity contribution in [3.8, 4) is 0 Å². The van der Waals surface area contributed by atoms with Crippen LogP contribution >= 0.6 is 0 Å². The Balaban J connectivity index is 1.67. The first kappa shape index (κ1) is 20.5. The fourth-order valence-corrected chi connectivity index (χ4v) is 4.05. The zero-order valence-electron chi connectivity index (χ0n) is 17.9. The Bertz CT molecular complexity index is 943. The van der Waals surface area contributed by atoms with E-state index >= 15 is 0 Å². The van der Waals surface area contributed by atoms with Crippen LogP contribution in [0.2, 0.25) is 0 Å². The van der Waals surface area contributed by atoms with Gasteiger partial charge in [-0.05, 0) is 77.7 Å². The van der Waals surface area contributed by atoms with Gasteiger partial charge in [0.15, 0.2) is 5.82 Å². The third kappa shape index (κ3) is 4.51. The molecule has 0 radical (unpaired) electrons. The van der Waals surface area contributed by atoms with Crippen molar-refractivity contribution in [2.45, 2.75) is 32.4 Å². The summed E-state index contributed by atoms with van der Waals surface area (Å²) in [7, 11) is 4.09. The van der Waals surface area contributed by atoms with Crippen molar-refractivity contribution in [3.63, 3.8) is 0 Å². The Kier molecular flexibility index (Phi) is 6.08. The predicted molar refractivity (Wildman–Crippen MR) is 116 cm³/mol. The van der Waals surface area contributed by atoms with Gasteiger partial charge in [0.25, 0.3) is 0 Å². The Morgan fingerprint density at radius 2 is 1.70 bits per heavy atom. The molecule has 1 aliphatic heterocycles. The van der Waals surface area contributed by atoms with Gasteiger partial charge in [0.1, 0.15) is 5.82 Å². The van der Waals surface area contributed by atoms with Crippen LogP contribution in [-0.2, 0) is 6.54 Å². The molecule has 1 aromatic heterocycles. The SMILES string of the molecule is CC1CCN([C@H](c2ccc(N(C)C)cc2)c2nnnn2Cc2ccc(F)cc2)CC1. The maximum atomic E-state index is 13.3. The molecule has 1 fully saturated rings. The number of benzene rings is 2. The lowest BCUT2D eigenvalue weighted by molar-refractivity contribution is 0.150. The third-order valence-corrected chi connectivity index (χ3v) is 5.96. The van der Waals surface area contributed by atoms with Crippen LogP contribution in [0.4, 0.5) is 10.1 Å². The summed E-state index contributed by atoms with van der Waals surface area (Å²) in [5, 5.41) is 12.7. The van der Waals surface area contributed by atoms with E-state index < -0.39 is 0 Å². The fraction of sp³-hybridized carbons (Fsp3) is 0.435. The van der Waals surface area contributed by atoms with E-state index in [4.69, 9.17) is 0 Å². The number of halogens is 1. The van der Waals surface area contributed by atoms with Crippen LogP contribution in [0.3, 0.4) is 0 Å². The van der Waals surface area contributed by atoms with Gasteiger partial charge in [-0.2, -0.15) is 0 Å². The van der Waals surface area contributed by atoms with Crippen LogP contribution in [0.1, 0.15) is 42.8 Å². The summed E-state index contributed by atoms with van der Waals surface area (Å²) in [4.78, 5) is 4.58. The third-order valence-electron chi connectivity index (χ3n) is 5.96. The van der Waals surface area contributed by atoms with E-state index in [-0.39, 0.29) is 11.9 Å². The predicted octanol–water partition coefficient (Wildman–Crippen LogP) is 3.75. The van der Waals surface area contributed by atoms with Crippen molar-refractivity contribution in [3.05, 3.63) is 71.3 Å². The van der Waals surface area contributed by atoms with Crippen molar-refractivity contribution in [1.82, 2.24) is 25.1 Å². The lowest BCUT2D eigenvalue weighted by Crippen LogP contribution is -2.38. The topological polar surface area (TPSA) is 50.1 Å². The van der Waals surface area contributed by atoms with Crippen molar-refractivity contribution in [2.75, 3.05) is 32.1 Å². The van der Waals surface area contributed by atoms with Crippen molar-refractivity contribution in [1.29, 1.82) is 0 Å². The molecule has 158 valence electrons. The first-order valence-corrected chi connectivity index (χ1v) is 10.5. The molecule has 30 heavy (non-hydrogen) atoms. The lowest BCUT2D eigenvalue weighted by Gasteiger charge is -2.36. The highest BCUT2D eigenvalue weighted by molar-refractivity contribution is 5.47. The molecule has 6 nitrogen and oxygen atoms in total. The molecule has 2 aromatic carbocycles. The second-order valence-corrected chi connectivity index (χ2v) is 8.43. The van der Waals surface area contributed by atoms with Crippen molar-refractivity contribution < 1.29 is 4.39 Å². The summed E-state index contributed by atoms with van der Waals surface area (Å²) in [5.74, 6) is 1.33. The maximum absolute atomic E-state index is 13.3. The quantitative estimate of drug-likeness (QED) is 0.622. The smallest absolute Gasteiger partial charge is 0.173 e. The summed E-state index contributed by atoms with van der Waals surface area (Å²) in [5.41, 5.74) is 3.32. The van der Waals surface area contributed by atoms with Crippen LogP contribution in [0, 0.1) is 11.7 Å². The van der Waals surface area contributed by atoms with Gasteiger partial charge in [-0.1, -0.05) is 31.2 Å². The molecule has 0 N–H and O–H groups in total. The number of anilines is 1. The van der Waals surface area contributed by atoms with Gasteiger partial charge in [0, 0.05) is 19.8 Å². The van der Waals surface area contributed by atoms with Crippen molar-refractivity contribution in [2.24, 2.45) is 5.92 Å². The van der Waals surface area contributed by atoms with Crippen LogP contribution < -0.4 is 4.90 Å². The number of rotatable bonds is 6. The van der Waals surface area contributed by atoms with Gasteiger partial charge < -0.3 is 4.90 Å². The van der Waals surface area contributed by atoms with Crippen LogP contribution in [0.15, 0.2) is 48.5 Å². The van der Waals surface area contributed by atoms with Gasteiger partial charge >= 0.3 is 0 Å². The molecular weight excluding hydrogens is 379 g/mol. The summed E-state index contributed by atoms with van der Waals surface area (Å²) in [6.45, 7) is 4.87. The first-order valence-electron chi connectivity index (χ1n) is 10.5. The molecule has 1 saturated heterocycles. The zero-order valence-corrected chi connectivity index (χ0v) is 17.9. The molecule has 3 aromatic rings. The molecule has 1 atom stereocenters. The van der Waals surface area contributed by atoms with Gasteiger partial charge in [-0.15, -0.1) is 5.10 Å². The molecule has 0 bridgehead atoms. The van der Waals surface area contributed by atoms with E-state index in [1.807, 2.05) is 18.8 Å². The molecular formula is C23H29FN6. The Morgan fingerprint density at radius 1 is 1.03 bits per heavy atom. The number of piperidine rings is 1. The van der Waals surface area contributed by atoms with Gasteiger partial charge in [0.2, 0.25) is 0 Å². The number of tetrazole rings is 1. The second-order valence-electron chi connectivity index (χ2n) is 8.43. The molecule has 2 heterocycles. The van der Waals surface area contributed by atoms with E-state index in [2.05, 4.69) is 56.5 Å². The molecule has 0 unspecified atom stereocenters. The van der Waals surface area contributed by atoms with E-state index in [1.165, 1.54) is 30.5 Å². The monoisotopic (exact) mass is 408 g/mol. The van der Waals surface area contributed by atoms with E-state index in [0.717, 1.165) is 36.1 Å². The summed E-state index contributed by atoms with van der Waals surface area (Å²) >= 11 is 0. The summed E-state index contributed by atoms with van der Waals surface area (Å²) in [6.07, 6.45) is 2.34. The normalized spacial score (nSPS) is 16.5. The fourth-order valence-electron chi connectivity index (χ4n) is 4.05. The minimum Gasteiger partial charge on any atom is -0.378 e. The zero-order chi connectivity index (χ0) is 21.1. The lowest BCUT2D eigenvalue weighted by atomic mass is 9.95. The summed E-state index contributed by atoms with van der Waals surface area (Å²) < 4.78 is 15.1. The second kappa shape index (κ2) is 8.92. The van der Waals surface area contributed by atoms with Gasteiger partial charge in [-0.25, -0.2) is 9.07 Å². The molecule has 0 spiro atoms. The minimum atomic E-state index is -0.239. The molecule has 0 saturated carbocycles. The van der Waals surface area contributed by atoms with Gasteiger partial charge in [-0.3, -0.25) is 4.90 Å². The molecule has 1 aliphatic rings. The maximum Gasteiger partial charge on any atom is 0.173 e. The first-order chi connectivity index (χ1) is 14.5. The Morgan fingerprint density at radius 3 is 2.33 bits per heavy atom. The highest BCUT2D eigenvalue weighted by Gasteiger charge is 2.30. The minimum absolute atomic E-state index is 0.0100. The number of nitrogens with zero attached hydrogens (tertiary/aromatic N) is 6. The van der Waals surface area contributed by atoms with Crippen LogP contribution in [0.25, 0.3) is 0 Å². The number of hydrogen-bond donors (Lipinski definition) is 0. The molecule has 0 aliphatic carbocycles. The molecule has 7 heteroatoms. The van der Waals surface area contributed by atoms with E-state index in [9.17, 15) is 4.39 Å². The Hall–Kier alpha value is -2.80. The van der Waals surface area contributed by atoms with E-state index in [0.29, 0.717) is 6.54 Å². The average Bonchev–Trinajstić information content (AvgIpc) is 3.19. The largest absolute Gasteiger partial charge is 0.378 e. The number of aromatic nitrogens is 4. The summed E-state index contributed by atoms with van der Waals surface area (Å²) in [6, 6.07) is 15.1. The van der Waals surface area contributed by atoms with Crippen LogP contribution in [-0.4, -0.2) is 52.3 Å². The average molecular weight is 409 g/mol. The van der Waals surface area contributed by atoms with E-state index in [1.54, 1.807) is 12.1 Å². The highest BCUT2D eigenvalue weighted by atomic mass is 19.1. The molecule has 0 amide bonds. The highest BCUT2D eigenvalue weighted by Crippen LogP contribution is 2.32. The Labute approximate surface area is 177 Å². The standard InChI is InChI=1S/C23H29FN6/c1-17-12-14-29(15-13-17)22(19-6-10-21(11-7-19)28(2)3)23-25-26-27-30(23)16-18-4-8-20(24)9-5-18/h4-11,17,22H,12-16H2,1-3H3/t22-/m1/s1. The number of hydrogen-bond acceptors (Lipinski definition) is 5. The molecule has 4 rings (SSSR count). The van der Waals surface area contributed by atoms with Gasteiger partial charge in [0.05, 0.1) is 12.6 Å². The van der Waals surface area contributed by atoms with Crippen molar-refractivity contribution >= 4 is 5.69 Å². The number of likely N-dealkylation sites (tertiary alicyclic amines) is 1. The van der Waals surface area contributed by atoms with Crippen LogP contribution in [0.5, 0.6) is 0 Å².